The minimum absolute atomic E-state index is 0.340. The van der Waals surface area contributed by atoms with E-state index in [-0.39, 0.29) is 6.03 Å². The normalized spacial score (nSPS) is 10.7. The first-order valence-corrected chi connectivity index (χ1v) is 9.18. The molecule has 0 bridgehead atoms. The molecule has 2 amide bonds. The number of anilines is 2. The van der Waals surface area contributed by atoms with Crippen molar-refractivity contribution in [3.8, 4) is 16.6 Å². The van der Waals surface area contributed by atoms with Crippen molar-refractivity contribution in [1.82, 2.24) is 14.8 Å². The zero-order valence-electron chi connectivity index (χ0n) is 14.8. The number of carbonyl (C=O) groups is 1. The van der Waals surface area contributed by atoms with Gasteiger partial charge in [0, 0.05) is 17.1 Å². The molecule has 0 unspecified atom stereocenters. The summed E-state index contributed by atoms with van der Waals surface area (Å²) in [5, 5.41) is 12.7. The third-order valence-electron chi connectivity index (χ3n) is 3.91. The molecule has 0 atom stereocenters. The van der Waals surface area contributed by atoms with Gasteiger partial charge in [-0.25, -0.2) is 9.78 Å². The highest BCUT2D eigenvalue weighted by atomic mass is 32.1. The first kappa shape index (κ1) is 17.0. The highest BCUT2D eigenvalue weighted by Crippen LogP contribution is 2.26. The van der Waals surface area contributed by atoms with Crippen molar-refractivity contribution >= 4 is 28.9 Å². The lowest BCUT2D eigenvalue weighted by Gasteiger charge is -2.10. The maximum Gasteiger partial charge on any atom is 0.324 e. The maximum atomic E-state index is 12.4. The molecule has 3 aromatic heterocycles. The molecule has 0 aliphatic rings. The first-order valence-electron chi connectivity index (χ1n) is 8.30. The molecule has 2 N–H and O–H groups in total. The van der Waals surface area contributed by atoms with Gasteiger partial charge in [-0.05, 0) is 37.6 Å². The van der Waals surface area contributed by atoms with Crippen molar-refractivity contribution in [2.45, 2.75) is 13.8 Å². The quantitative estimate of drug-likeness (QED) is 0.531. The van der Waals surface area contributed by atoms with Crippen LogP contribution in [0, 0.1) is 13.8 Å². The Labute approximate surface area is 159 Å². The number of nitrogens with zero attached hydrogens (tertiary/aromatic N) is 3. The molecule has 0 radical (unpaired) electrons. The number of benzene rings is 1. The number of thiazole rings is 1. The van der Waals surface area contributed by atoms with Crippen LogP contribution in [0.1, 0.15) is 11.3 Å². The van der Waals surface area contributed by atoms with Gasteiger partial charge in [-0.3, -0.25) is 5.32 Å². The summed E-state index contributed by atoms with van der Waals surface area (Å²) in [6.07, 6.45) is 1.61. The fraction of sp³-hybridized carbons (Fsp3) is 0.105. The molecule has 0 saturated carbocycles. The zero-order chi connectivity index (χ0) is 18.8. The number of hydrogen-bond donors (Lipinski definition) is 2. The van der Waals surface area contributed by atoms with Gasteiger partial charge in [0.05, 0.1) is 12.0 Å². The highest BCUT2D eigenvalue weighted by Gasteiger charge is 2.15. The van der Waals surface area contributed by atoms with E-state index in [1.807, 2.05) is 55.6 Å². The number of rotatable bonds is 4. The summed E-state index contributed by atoms with van der Waals surface area (Å²) < 4.78 is 7.00. The van der Waals surface area contributed by atoms with Gasteiger partial charge in [-0.15, -0.1) is 11.3 Å². The summed E-state index contributed by atoms with van der Waals surface area (Å²) in [7, 11) is 0. The molecule has 0 aliphatic carbocycles. The van der Waals surface area contributed by atoms with Crippen LogP contribution in [0.15, 0.2) is 58.5 Å². The van der Waals surface area contributed by atoms with Gasteiger partial charge < -0.3 is 9.73 Å². The first-order chi connectivity index (χ1) is 13.1. The lowest BCUT2D eigenvalue weighted by Crippen LogP contribution is -2.21. The van der Waals surface area contributed by atoms with E-state index in [0.717, 1.165) is 22.6 Å². The van der Waals surface area contributed by atoms with Crippen LogP contribution in [-0.2, 0) is 0 Å². The van der Waals surface area contributed by atoms with E-state index in [9.17, 15) is 4.79 Å². The van der Waals surface area contributed by atoms with Crippen LogP contribution in [0.2, 0.25) is 0 Å². The number of hydrogen-bond acceptors (Lipinski definition) is 5. The standard InChI is InChI=1S/C19H17N5O2S/c1-12-6-3-4-7-14(12)20-18(25)22-17-10-13(2)23-24(17)19-21-15(11-27-19)16-8-5-9-26-16/h3-11H,1-2H3,(H2,20,22,25). The lowest BCUT2D eigenvalue weighted by atomic mass is 10.2. The summed E-state index contributed by atoms with van der Waals surface area (Å²) >= 11 is 1.42. The Hall–Kier alpha value is -3.39. The number of nitrogens with one attached hydrogen (secondary N) is 2. The van der Waals surface area contributed by atoms with E-state index in [4.69, 9.17) is 4.42 Å². The van der Waals surface area contributed by atoms with E-state index in [1.165, 1.54) is 11.3 Å². The van der Waals surface area contributed by atoms with Crippen LogP contribution in [0.4, 0.5) is 16.3 Å². The number of furan rings is 1. The third-order valence-corrected chi connectivity index (χ3v) is 4.73. The molecule has 27 heavy (non-hydrogen) atoms. The van der Waals surface area contributed by atoms with Crippen molar-refractivity contribution in [2.24, 2.45) is 0 Å². The van der Waals surface area contributed by atoms with Crippen molar-refractivity contribution in [1.29, 1.82) is 0 Å². The molecule has 0 saturated heterocycles. The maximum absolute atomic E-state index is 12.4. The van der Waals surface area contributed by atoms with Crippen LogP contribution < -0.4 is 10.6 Å². The molecule has 0 fully saturated rings. The molecule has 136 valence electrons. The van der Waals surface area contributed by atoms with Crippen molar-refractivity contribution < 1.29 is 9.21 Å². The zero-order valence-corrected chi connectivity index (χ0v) is 15.6. The van der Waals surface area contributed by atoms with Crippen LogP contribution in [0.25, 0.3) is 16.6 Å². The van der Waals surface area contributed by atoms with Crippen LogP contribution in [0.3, 0.4) is 0 Å². The fourth-order valence-corrected chi connectivity index (χ4v) is 3.39. The number of aromatic nitrogens is 3. The monoisotopic (exact) mass is 379 g/mol. The molecule has 4 rings (SSSR count). The predicted molar refractivity (Wildman–Crippen MR) is 105 cm³/mol. The van der Waals surface area contributed by atoms with Crippen molar-refractivity contribution in [3.63, 3.8) is 0 Å². The molecule has 1 aromatic carbocycles. The second-order valence-electron chi connectivity index (χ2n) is 5.97. The summed E-state index contributed by atoms with van der Waals surface area (Å²) in [4.78, 5) is 17.0. The van der Waals surface area contributed by atoms with Crippen LogP contribution in [0.5, 0.6) is 0 Å². The molecular formula is C19H17N5O2S. The minimum Gasteiger partial charge on any atom is -0.463 e. The minimum atomic E-state index is -0.340. The van der Waals surface area contributed by atoms with Gasteiger partial charge >= 0.3 is 6.03 Å². The Morgan fingerprint density at radius 1 is 1.15 bits per heavy atom. The molecule has 8 heteroatoms. The van der Waals surface area contributed by atoms with Crippen molar-refractivity contribution in [2.75, 3.05) is 10.6 Å². The van der Waals surface area contributed by atoms with E-state index in [2.05, 4.69) is 20.7 Å². The second-order valence-corrected chi connectivity index (χ2v) is 6.81. The fourth-order valence-electron chi connectivity index (χ4n) is 2.62. The van der Waals surface area contributed by atoms with Gasteiger partial charge in [0.25, 0.3) is 0 Å². The van der Waals surface area contributed by atoms with Crippen LogP contribution in [-0.4, -0.2) is 20.8 Å². The van der Waals surface area contributed by atoms with Gasteiger partial charge in [-0.1, -0.05) is 18.2 Å². The molecule has 0 aliphatic heterocycles. The van der Waals surface area contributed by atoms with Crippen molar-refractivity contribution in [3.05, 3.63) is 65.4 Å². The van der Waals surface area contributed by atoms with Gasteiger partial charge in [-0.2, -0.15) is 9.78 Å². The summed E-state index contributed by atoms with van der Waals surface area (Å²) in [6, 6.07) is 12.7. The molecule has 7 nitrogen and oxygen atoms in total. The van der Waals surface area contributed by atoms with Crippen LogP contribution >= 0.6 is 11.3 Å². The number of para-hydroxylation sites is 1. The molecular weight excluding hydrogens is 362 g/mol. The largest absolute Gasteiger partial charge is 0.463 e. The Kier molecular flexibility index (Phi) is 4.47. The Morgan fingerprint density at radius 2 is 2.00 bits per heavy atom. The summed E-state index contributed by atoms with van der Waals surface area (Å²) in [5.41, 5.74) is 3.24. The van der Waals surface area contributed by atoms with Gasteiger partial charge in [0.15, 0.2) is 5.76 Å². The molecule has 4 aromatic rings. The summed E-state index contributed by atoms with van der Waals surface area (Å²) in [5.74, 6) is 1.23. The topological polar surface area (TPSA) is 85.0 Å². The summed E-state index contributed by atoms with van der Waals surface area (Å²) in [6.45, 7) is 3.80. The SMILES string of the molecule is Cc1cc(NC(=O)Nc2ccccc2C)n(-c2nc(-c3ccco3)cs2)n1. The van der Waals surface area contributed by atoms with E-state index in [1.54, 1.807) is 17.0 Å². The molecule has 3 heterocycles. The second kappa shape index (κ2) is 7.08. The number of carbonyl (C=O) groups excluding carboxylic acids is 1. The smallest absolute Gasteiger partial charge is 0.324 e. The van der Waals surface area contributed by atoms with E-state index in [0.29, 0.717) is 16.7 Å². The van der Waals surface area contributed by atoms with Gasteiger partial charge in [0.1, 0.15) is 11.5 Å². The van der Waals surface area contributed by atoms with E-state index < -0.39 is 0 Å². The van der Waals surface area contributed by atoms with E-state index >= 15 is 0 Å². The highest BCUT2D eigenvalue weighted by molar-refractivity contribution is 7.12. The lowest BCUT2D eigenvalue weighted by molar-refractivity contribution is 0.262. The van der Waals surface area contributed by atoms with Gasteiger partial charge in [0.2, 0.25) is 5.13 Å². The third kappa shape index (κ3) is 3.61. The predicted octanol–water partition coefficient (Wildman–Crippen LogP) is 4.85. The number of urea groups is 1. The number of aryl methyl sites for hydroxylation is 2. The Morgan fingerprint density at radius 3 is 2.78 bits per heavy atom. The average molecular weight is 379 g/mol. The Balaban J connectivity index is 1.56. The Bertz CT molecular complexity index is 1080. The number of amides is 2. The average Bonchev–Trinajstić information content (AvgIpc) is 3.37. The molecule has 0 spiro atoms.